The maximum absolute atomic E-state index is 4.53. The molecule has 11 aromatic carbocycles. The van der Waals surface area contributed by atoms with Gasteiger partial charge in [0.25, 0.3) is 0 Å². The van der Waals surface area contributed by atoms with Crippen LogP contribution in [0.4, 0.5) is 28.4 Å². The van der Waals surface area contributed by atoms with Gasteiger partial charge in [0.1, 0.15) is 0 Å². The van der Waals surface area contributed by atoms with E-state index in [1.54, 1.807) is 6.08 Å². The molecular weight excluding hydrogens is 1330 g/mol. The topological polar surface area (TPSA) is 6.48 Å². The Morgan fingerprint density at radius 1 is 0.436 bits per heavy atom. The van der Waals surface area contributed by atoms with Crippen LogP contribution in [-0.4, -0.2) is 0 Å². The second-order valence-electron chi connectivity index (χ2n) is 28.5. The van der Waals surface area contributed by atoms with Crippen molar-refractivity contribution in [3.05, 3.63) is 464 Å². The number of benzene rings is 11. The fourth-order valence-electron chi connectivity index (χ4n) is 14.7. The van der Waals surface area contributed by atoms with Gasteiger partial charge in [-0.15, -0.1) is 13.2 Å². The molecule has 11 aromatic rings. The fourth-order valence-corrected chi connectivity index (χ4v) is 14.7. The van der Waals surface area contributed by atoms with Crippen molar-refractivity contribution in [1.29, 1.82) is 0 Å². The van der Waals surface area contributed by atoms with E-state index < -0.39 is 0 Å². The largest absolute Gasteiger partial charge is 0.311 e. The first-order chi connectivity index (χ1) is 53.9. The summed E-state index contributed by atoms with van der Waals surface area (Å²) in [6.07, 6.45) is 39.2. The number of nitrogens with zero attached hydrogens (tertiary/aromatic N) is 2. The maximum atomic E-state index is 4.53. The predicted molar refractivity (Wildman–Crippen MR) is 479 cm³/mol. The van der Waals surface area contributed by atoms with Crippen molar-refractivity contribution in [2.45, 2.75) is 91.9 Å². The molecule has 0 amide bonds. The zero-order valence-corrected chi connectivity index (χ0v) is 64.9. The quantitative estimate of drug-likeness (QED) is 0.0465. The van der Waals surface area contributed by atoms with Crippen LogP contribution in [0.5, 0.6) is 0 Å². The van der Waals surface area contributed by atoms with E-state index >= 15 is 0 Å². The molecule has 0 N–H and O–H groups in total. The molecule has 544 valence electrons. The summed E-state index contributed by atoms with van der Waals surface area (Å²) in [5.41, 5.74) is 34.0. The molecular formula is C108H102N2. The van der Waals surface area contributed by atoms with Gasteiger partial charge in [-0.1, -0.05) is 322 Å². The Hall–Kier alpha value is -12.6. The van der Waals surface area contributed by atoms with E-state index in [-0.39, 0.29) is 5.92 Å². The van der Waals surface area contributed by atoms with Gasteiger partial charge in [-0.05, 0) is 270 Å². The zero-order chi connectivity index (χ0) is 76.6. The molecule has 0 aliphatic heterocycles. The molecule has 3 aliphatic carbocycles. The standard InChI is InChI=1S/C54H47N.C51H49N.C3H6/c1-5-6-17-40(2)41(3)26-27-42(4)54-39-52(36-37-53(54)49-25-16-24-48(38-49)45-22-14-9-15-23-45)55(50-32-28-46(29-33-50)43-18-10-7-11-19-43)51-34-30-47(31-35-51)44-20-12-8-13-21-44;1-5-15-49(38(4)37(2)3)50-35-34-48(36-51(50)45-24-22-42(23-25-45)39-16-9-6-10-17-39)52(46-30-26-43(27-31-46)40-18-11-7-12-19-40)47-32-28-44(29-33-47)41-20-13-8-14-21-41;1-3-2/h5-39H,1-4H3;5-9,11-14,16,18-22,24,26-28,30-36,44,49H,1-2,4,10,15,17,23,25,29H2,3H3;3H,1H2,2H3/b6-5-,40-17+,41-26+,42-27+;;. The lowest BCUT2D eigenvalue weighted by atomic mass is 9.79. The summed E-state index contributed by atoms with van der Waals surface area (Å²) in [6, 6.07) is 103. The van der Waals surface area contributed by atoms with Crippen LogP contribution in [0.1, 0.15) is 114 Å². The minimum absolute atomic E-state index is 0.107. The number of rotatable bonds is 23. The van der Waals surface area contributed by atoms with Crippen molar-refractivity contribution >= 4 is 39.6 Å². The van der Waals surface area contributed by atoms with Crippen LogP contribution in [0.25, 0.3) is 66.8 Å². The lowest BCUT2D eigenvalue weighted by Gasteiger charge is -2.31. The van der Waals surface area contributed by atoms with Crippen molar-refractivity contribution in [1.82, 2.24) is 0 Å². The number of anilines is 5. The van der Waals surface area contributed by atoms with Crippen molar-refractivity contribution in [3.8, 4) is 55.6 Å². The van der Waals surface area contributed by atoms with Crippen LogP contribution < -0.4 is 9.80 Å². The van der Waals surface area contributed by atoms with Crippen molar-refractivity contribution < 1.29 is 0 Å². The summed E-state index contributed by atoms with van der Waals surface area (Å²) >= 11 is 0. The third-order valence-corrected chi connectivity index (χ3v) is 20.9. The Morgan fingerprint density at radius 2 is 0.900 bits per heavy atom. The third-order valence-electron chi connectivity index (χ3n) is 20.9. The highest BCUT2D eigenvalue weighted by Crippen LogP contribution is 2.46. The van der Waals surface area contributed by atoms with Crippen LogP contribution >= 0.6 is 0 Å². The zero-order valence-electron chi connectivity index (χ0n) is 64.9. The van der Waals surface area contributed by atoms with Gasteiger partial charge in [0, 0.05) is 46.0 Å². The number of hydrogen-bond donors (Lipinski definition) is 0. The summed E-state index contributed by atoms with van der Waals surface area (Å²) in [7, 11) is 0. The van der Waals surface area contributed by atoms with Crippen LogP contribution in [0.15, 0.2) is 442 Å². The van der Waals surface area contributed by atoms with Gasteiger partial charge in [0.15, 0.2) is 0 Å². The molecule has 3 aliphatic rings. The number of allylic oxidation sites excluding steroid dienone is 23. The summed E-state index contributed by atoms with van der Waals surface area (Å²) in [6.45, 7) is 28.9. The maximum Gasteiger partial charge on any atom is 0.0468 e. The van der Waals surface area contributed by atoms with Gasteiger partial charge in [-0.25, -0.2) is 0 Å². The molecule has 2 nitrogen and oxygen atoms in total. The Balaban J connectivity index is 0.000000198. The Morgan fingerprint density at radius 3 is 1.40 bits per heavy atom. The van der Waals surface area contributed by atoms with Crippen LogP contribution in [0.2, 0.25) is 0 Å². The lowest BCUT2D eigenvalue weighted by Crippen LogP contribution is -2.18. The molecule has 0 saturated carbocycles. The van der Waals surface area contributed by atoms with Gasteiger partial charge < -0.3 is 9.80 Å². The van der Waals surface area contributed by atoms with Crippen LogP contribution in [0.3, 0.4) is 0 Å². The average molecular weight is 1430 g/mol. The molecule has 2 unspecified atom stereocenters. The van der Waals surface area contributed by atoms with Crippen LogP contribution in [-0.2, 0) is 0 Å². The lowest BCUT2D eigenvalue weighted by molar-refractivity contribution is 0.814. The molecule has 0 saturated heterocycles. The molecule has 0 bridgehead atoms. The van der Waals surface area contributed by atoms with E-state index in [1.165, 1.54) is 117 Å². The second kappa shape index (κ2) is 38.3. The summed E-state index contributed by atoms with van der Waals surface area (Å²) in [4.78, 5) is 4.80. The number of hydrogen-bond acceptors (Lipinski definition) is 2. The first-order valence-electron chi connectivity index (χ1n) is 38.8. The minimum atomic E-state index is 0.107. The predicted octanol–water partition coefficient (Wildman–Crippen LogP) is 31.2. The van der Waals surface area contributed by atoms with E-state index in [0.717, 1.165) is 78.1 Å². The van der Waals surface area contributed by atoms with Gasteiger partial charge in [0.2, 0.25) is 0 Å². The van der Waals surface area contributed by atoms with E-state index in [1.807, 2.05) is 19.9 Å². The van der Waals surface area contributed by atoms with Crippen molar-refractivity contribution in [3.63, 3.8) is 0 Å². The Kier molecular flexibility index (Phi) is 26.8. The highest BCUT2D eigenvalue weighted by Gasteiger charge is 2.26. The van der Waals surface area contributed by atoms with Crippen molar-refractivity contribution in [2.75, 3.05) is 9.80 Å². The summed E-state index contributed by atoms with van der Waals surface area (Å²) < 4.78 is 0. The summed E-state index contributed by atoms with van der Waals surface area (Å²) in [5.74, 6) is 0.469. The van der Waals surface area contributed by atoms with E-state index in [9.17, 15) is 0 Å². The SMILES string of the molecule is C=CC.C=CCC(C(=C)C(=C)C)c1ccc(N(C2=CCC(c3ccccc3)C=C2)c2ccc(-c3ccccc3)cc2)cc1C1=CC=C(C2=CC=CCC2)CC1.C\C=C/C=C(C)/C(C)=C/C=C(\C)c1cc(N(c2ccc(-c3ccccc3)cc2)c2ccc(-c3ccccc3)cc2)ccc1-c1cccc(-c2ccccc2)c1. The minimum Gasteiger partial charge on any atom is -0.311 e. The van der Waals surface area contributed by atoms with Gasteiger partial charge in [-0.2, -0.15) is 0 Å². The highest BCUT2D eigenvalue weighted by molar-refractivity contribution is 5.89. The van der Waals surface area contributed by atoms with Crippen molar-refractivity contribution in [2.24, 2.45) is 0 Å². The Labute approximate surface area is 656 Å². The average Bonchev–Trinajstić information content (AvgIpc) is 0.777. The van der Waals surface area contributed by atoms with Gasteiger partial charge >= 0.3 is 0 Å². The first kappa shape index (κ1) is 77.0. The molecule has 0 radical (unpaired) electrons. The normalized spacial score (nSPS) is 14.4. The molecule has 14 rings (SSSR count). The van der Waals surface area contributed by atoms with Gasteiger partial charge in [-0.3, -0.25) is 0 Å². The Bertz CT molecular complexity index is 5230. The molecule has 2 atom stereocenters. The summed E-state index contributed by atoms with van der Waals surface area (Å²) in [5, 5.41) is 0. The fraction of sp³-hybridized carbons (Fsp3) is 0.130. The van der Waals surface area contributed by atoms with Crippen LogP contribution in [0, 0.1) is 0 Å². The van der Waals surface area contributed by atoms with E-state index in [4.69, 9.17) is 0 Å². The first-order valence-corrected chi connectivity index (χ1v) is 38.8. The molecule has 0 heterocycles. The molecule has 0 aromatic heterocycles. The van der Waals surface area contributed by atoms with E-state index in [0.29, 0.717) is 5.92 Å². The molecule has 0 spiro atoms. The molecule has 110 heavy (non-hydrogen) atoms. The molecule has 0 fully saturated rings. The smallest absolute Gasteiger partial charge is 0.0468 e. The second-order valence-corrected chi connectivity index (χ2v) is 28.5. The molecule has 2 heteroatoms. The van der Waals surface area contributed by atoms with Gasteiger partial charge in [0.05, 0.1) is 0 Å². The van der Waals surface area contributed by atoms with E-state index in [2.05, 4.69) is 428 Å². The third kappa shape index (κ3) is 19.4. The highest BCUT2D eigenvalue weighted by atomic mass is 15.2. The monoisotopic (exact) mass is 1430 g/mol.